The van der Waals surface area contributed by atoms with Gasteiger partial charge in [0.25, 0.3) is 5.91 Å². The first-order valence-electron chi connectivity index (χ1n) is 10.5. The topological polar surface area (TPSA) is 63.5 Å². The van der Waals surface area contributed by atoms with E-state index in [1.807, 2.05) is 77.3 Å². The zero-order chi connectivity index (χ0) is 21.9. The van der Waals surface area contributed by atoms with Crippen molar-refractivity contribution in [2.24, 2.45) is 0 Å². The van der Waals surface area contributed by atoms with E-state index in [1.165, 1.54) is 0 Å². The summed E-state index contributed by atoms with van der Waals surface area (Å²) in [6.07, 6.45) is 3.65. The number of amides is 1. The van der Waals surface area contributed by atoms with E-state index in [1.54, 1.807) is 23.1 Å². The van der Waals surface area contributed by atoms with Gasteiger partial charge in [0, 0.05) is 49.5 Å². The highest BCUT2D eigenvalue weighted by Gasteiger charge is 2.27. The van der Waals surface area contributed by atoms with Crippen LogP contribution in [-0.2, 0) is 0 Å². The van der Waals surface area contributed by atoms with E-state index in [9.17, 15) is 4.79 Å². The van der Waals surface area contributed by atoms with E-state index >= 15 is 0 Å². The number of anilines is 1. The SMILES string of the molecule is COc1cccc(-c2nn(-c3ccccc3)cc2C(=O)N2CCN(c3nccs3)CC2)c1. The van der Waals surface area contributed by atoms with Gasteiger partial charge in [-0.2, -0.15) is 5.10 Å². The van der Waals surface area contributed by atoms with Gasteiger partial charge in [-0.25, -0.2) is 9.67 Å². The van der Waals surface area contributed by atoms with Crippen molar-refractivity contribution in [1.29, 1.82) is 0 Å². The molecule has 3 heterocycles. The van der Waals surface area contributed by atoms with Crippen molar-refractivity contribution in [2.45, 2.75) is 0 Å². The molecule has 0 atom stereocenters. The number of ether oxygens (including phenoxy) is 1. The highest BCUT2D eigenvalue weighted by atomic mass is 32.1. The Labute approximate surface area is 190 Å². The van der Waals surface area contributed by atoms with Crippen LogP contribution < -0.4 is 9.64 Å². The monoisotopic (exact) mass is 445 g/mol. The molecule has 1 fully saturated rings. The summed E-state index contributed by atoms with van der Waals surface area (Å²) in [6.45, 7) is 2.82. The van der Waals surface area contributed by atoms with Crippen LogP contribution in [0.4, 0.5) is 5.13 Å². The van der Waals surface area contributed by atoms with Crippen LogP contribution in [0.25, 0.3) is 16.9 Å². The van der Waals surface area contributed by atoms with Gasteiger partial charge < -0.3 is 14.5 Å². The number of methoxy groups -OCH3 is 1. The molecule has 162 valence electrons. The van der Waals surface area contributed by atoms with Crippen LogP contribution in [0, 0.1) is 0 Å². The van der Waals surface area contributed by atoms with Crippen LogP contribution in [0.2, 0.25) is 0 Å². The highest BCUT2D eigenvalue weighted by Crippen LogP contribution is 2.28. The quantitative estimate of drug-likeness (QED) is 0.465. The fourth-order valence-electron chi connectivity index (χ4n) is 3.87. The van der Waals surface area contributed by atoms with Gasteiger partial charge in [0.2, 0.25) is 0 Å². The minimum absolute atomic E-state index is 0.0104. The fraction of sp³-hybridized carbons (Fsp3) is 0.208. The van der Waals surface area contributed by atoms with Crippen LogP contribution in [0.5, 0.6) is 5.75 Å². The zero-order valence-corrected chi connectivity index (χ0v) is 18.5. The molecule has 8 heteroatoms. The van der Waals surface area contributed by atoms with E-state index in [-0.39, 0.29) is 5.91 Å². The van der Waals surface area contributed by atoms with Gasteiger partial charge in [-0.05, 0) is 24.3 Å². The molecule has 1 amide bonds. The summed E-state index contributed by atoms with van der Waals surface area (Å²) < 4.78 is 7.16. The zero-order valence-electron chi connectivity index (χ0n) is 17.7. The van der Waals surface area contributed by atoms with E-state index in [2.05, 4.69) is 9.88 Å². The Bertz CT molecular complexity index is 1200. The lowest BCUT2D eigenvalue weighted by atomic mass is 10.1. The van der Waals surface area contributed by atoms with E-state index in [0.29, 0.717) is 24.3 Å². The van der Waals surface area contributed by atoms with Crippen molar-refractivity contribution in [3.63, 3.8) is 0 Å². The van der Waals surface area contributed by atoms with Crippen molar-refractivity contribution in [2.75, 3.05) is 38.2 Å². The first kappa shape index (κ1) is 20.3. The number of hydrogen-bond donors (Lipinski definition) is 0. The number of aromatic nitrogens is 3. The Hall–Kier alpha value is -3.65. The molecule has 32 heavy (non-hydrogen) atoms. The molecule has 2 aromatic heterocycles. The molecule has 0 saturated carbocycles. The minimum Gasteiger partial charge on any atom is -0.497 e. The lowest BCUT2D eigenvalue weighted by Gasteiger charge is -2.34. The molecule has 0 spiro atoms. The first-order chi connectivity index (χ1) is 15.7. The summed E-state index contributed by atoms with van der Waals surface area (Å²) in [4.78, 5) is 22.1. The van der Waals surface area contributed by atoms with Crippen LogP contribution in [0.15, 0.2) is 72.4 Å². The number of piperazine rings is 1. The molecule has 7 nitrogen and oxygen atoms in total. The number of carbonyl (C=O) groups is 1. The summed E-state index contributed by atoms with van der Waals surface area (Å²) in [5, 5.41) is 7.78. The van der Waals surface area contributed by atoms with Crippen molar-refractivity contribution >= 4 is 22.4 Å². The molecular formula is C24H23N5O2S. The van der Waals surface area contributed by atoms with Crippen molar-refractivity contribution in [3.8, 4) is 22.7 Å². The van der Waals surface area contributed by atoms with Crippen molar-refractivity contribution < 1.29 is 9.53 Å². The van der Waals surface area contributed by atoms with Gasteiger partial charge in [-0.3, -0.25) is 4.79 Å². The summed E-state index contributed by atoms with van der Waals surface area (Å²) >= 11 is 1.63. The average molecular weight is 446 g/mol. The van der Waals surface area contributed by atoms with Crippen LogP contribution >= 0.6 is 11.3 Å². The Morgan fingerprint density at radius 1 is 1.03 bits per heavy atom. The second-order valence-electron chi connectivity index (χ2n) is 7.50. The highest BCUT2D eigenvalue weighted by molar-refractivity contribution is 7.13. The predicted molar refractivity (Wildman–Crippen MR) is 126 cm³/mol. The summed E-state index contributed by atoms with van der Waals surface area (Å²) in [7, 11) is 1.63. The molecule has 0 aliphatic carbocycles. The molecule has 4 aromatic rings. The summed E-state index contributed by atoms with van der Waals surface area (Å²) in [6, 6.07) is 17.5. The number of rotatable bonds is 5. The number of hydrogen-bond acceptors (Lipinski definition) is 6. The van der Waals surface area contributed by atoms with Gasteiger partial charge in [0.05, 0.1) is 18.4 Å². The Balaban J connectivity index is 1.46. The van der Waals surface area contributed by atoms with E-state index < -0.39 is 0 Å². The second-order valence-corrected chi connectivity index (χ2v) is 8.37. The number of benzene rings is 2. The van der Waals surface area contributed by atoms with E-state index in [0.717, 1.165) is 35.2 Å². The lowest BCUT2D eigenvalue weighted by molar-refractivity contribution is 0.0747. The largest absolute Gasteiger partial charge is 0.497 e. The third-order valence-electron chi connectivity index (χ3n) is 5.57. The molecule has 1 aliphatic heterocycles. The summed E-state index contributed by atoms with van der Waals surface area (Å²) in [5.41, 5.74) is 3.00. The lowest BCUT2D eigenvalue weighted by Crippen LogP contribution is -2.48. The maximum absolute atomic E-state index is 13.6. The number of para-hydroxylation sites is 1. The van der Waals surface area contributed by atoms with Crippen LogP contribution in [0.3, 0.4) is 0 Å². The standard InChI is InChI=1S/C24H23N5O2S/c1-31-20-9-5-6-18(16-20)22-21(17-29(26-22)19-7-3-2-4-8-19)23(30)27-11-13-28(14-12-27)24-25-10-15-32-24/h2-10,15-17H,11-14H2,1H3. The number of thiazole rings is 1. The smallest absolute Gasteiger partial charge is 0.257 e. The maximum atomic E-state index is 13.6. The molecule has 1 saturated heterocycles. The molecule has 5 rings (SSSR count). The van der Waals surface area contributed by atoms with Gasteiger partial charge in [-0.1, -0.05) is 30.3 Å². The Kier molecular flexibility index (Phi) is 5.60. The van der Waals surface area contributed by atoms with Gasteiger partial charge in [-0.15, -0.1) is 11.3 Å². The number of carbonyl (C=O) groups excluding carboxylic acids is 1. The molecule has 0 unspecified atom stereocenters. The first-order valence-corrected chi connectivity index (χ1v) is 11.3. The average Bonchev–Trinajstić information content (AvgIpc) is 3.55. The van der Waals surface area contributed by atoms with Crippen LogP contribution in [0.1, 0.15) is 10.4 Å². The van der Waals surface area contributed by atoms with E-state index in [4.69, 9.17) is 9.84 Å². The predicted octanol–water partition coefficient (Wildman–Crippen LogP) is 3.97. The second kappa shape index (κ2) is 8.84. The van der Waals surface area contributed by atoms with Gasteiger partial charge in [0.15, 0.2) is 5.13 Å². The molecular weight excluding hydrogens is 422 g/mol. The van der Waals surface area contributed by atoms with Crippen molar-refractivity contribution in [1.82, 2.24) is 19.7 Å². The number of nitrogens with zero attached hydrogens (tertiary/aromatic N) is 5. The molecule has 1 aliphatic rings. The molecule has 0 bridgehead atoms. The molecule has 2 aromatic carbocycles. The minimum atomic E-state index is -0.0104. The normalized spacial score (nSPS) is 13.9. The van der Waals surface area contributed by atoms with Crippen molar-refractivity contribution in [3.05, 3.63) is 77.9 Å². The Morgan fingerprint density at radius 3 is 2.56 bits per heavy atom. The Morgan fingerprint density at radius 2 is 1.84 bits per heavy atom. The van der Waals surface area contributed by atoms with Gasteiger partial charge >= 0.3 is 0 Å². The summed E-state index contributed by atoms with van der Waals surface area (Å²) in [5.74, 6) is 0.719. The van der Waals surface area contributed by atoms with Gasteiger partial charge in [0.1, 0.15) is 11.4 Å². The van der Waals surface area contributed by atoms with Crippen LogP contribution in [-0.4, -0.2) is 58.9 Å². The molecule has 0 radical (unpaired) electrons. The third kappa shape index (κ3) is 3.97. The third-order valence-corrected chi connectivity index (χ3v) is 6.40. The maximum Gasteiger partial charge on any atom is 0.257 e. The fourth-order valence-corrected chi connectivity index (χ4v) is 4.57. The molecule has 0 N–H and O–H groups in total.